The summed E-state index contributed by atoms with van der Waals surface area (Å²) in [7, 11) is 0. The average Bonchev–Trinajstić information content (AvgIpc) is 3.89. The summed E-state index contributed by atoms with van der Waals surface area (Å²) in [6.45, 7) is 0. The minimum atomic E-state index is 0.888. The van der Waals surface area contributed by atoms with Gasteiger partial charge in [-0.2, -0.15) is 0 Å². The summed E-state index contributed by atoms with van der Waals surface area (Å²) < 4.78 is 7.17. The SMILES string of the molecule is c1ccc(-c2ccccc2-n2c(-c3cc(-n4c5ccccc5c5ccccc54)cc(-n4c5ccccc5c5ccccc54)c3)nc3ccccc32)cc1. The third kappa shape index (κ3) is 4.52. The molecule has 0 fully saturated rings. The second kappa shape index (κ2) is 11.7. The van der Waals surface area contributed by atoms with E-state index in [4.69, 9.17) is 4.98 Å². The Balaban J connectivity index is 1.27. The number of imidazole rings is 1. The van der Waals surface area contributed by atoms with Crippen LogP contribution in [0.2, 0.25) is 0 Å². The van der Waals surface area contributed by atoms with Gasteiger partial charge in [0.1, 0.15) is 5.82 Å². The van der Waals surface area contributed by atoms with Crippen molar-refractivity contribution in [3.05, 3.63) is 194 Å². The lowest BCUT2D eigenvalue weighted by molar-refractivity contribution is 1.09. The molecule has 0 amide bonds. The molecule has 0 saturated heterocycles. The summed E-state index contributed by atoms with van der Waals surface area (Å²) in [5.74, 6) is 0.888. The lowest BCUT2D eigenvalue weighted by atomic mass is 10.0. The van der Waals surface area contributed by atoms with Gasteiger partial charge in [-0.1, -0.05) is 133 Å². The van der Waals surface area contributed by atoms with E-state index in [1.54, 1.807) is 0 Å². The number of hydrogen-bond acceptors (Lipinski definition) is 1. The minimum Gasteiger partial charge on any atom is -0.309 e. The van der Waals surface area contributed by atoms with Crippen LogP contribution in [-0.4, -0.2) is 18.7 Å². The van der Waals surface area contributed by atoms with Crippen molar-refractivity contribution in [2.75, 3.05) is 0 Å². The minimum absolute atomic E-state index is 0.888. The quantitative estimate of drug-likeness (QED) is 0.178. The van der Waals surface area contributed by atoms with Crippen molar-refractivity contribution < 1.29 is 0 Å². The molecule has 0 saturated carbocycles. The zero-order valence-corrected chi connectivity index (χ0v) is 28.8. The third-order valence-corrected chi connectivity index (χ3v) is 10.6. The van der Waals surface area contributed by atoms with Gasteiger partial charge in [0.05, 0.1) is 38.8 Å². The fourth-order valence-electron chi connectivity index (χ4n) is 8.38. The number of benzene rings is 8. The van der Waals surface area contributed by atoms with E-state index in [1.165, 1.54) is 43.6 Å². The van der Waals surface area contributed by atoms with Gasteiger partial charge in [-0.15, -0.1) is 0 Å². The molecule has 0 aliphatic rings. The predicted molar refractivity (Wildman–Crippen MR) is 221 cm³/mol. The van der Waals surface area contributed by atoms with Crippen molar-refractivity contribution in [3.63, 3.8) is 0 Å². The molecule has 0 unspecified atom stereocenters. The predicted octanol–water partition coefficient (Wildman–Crippen LogP) is 12.6. The van der Waals surface area contributed by atoms with Crippen molar-refractivity contribution >= 4 is 54.6 Å². The number of hydrogen-bond donors (Lipinski definition) is 0. The molecule has 4 nitrogen and oxygen atoms in total. The van der Waals surface area contributed by atoms with Gasteiger partial charge in [-0.05, 0) is 66.2 Å². The molecule has 0 aliphatic heterocycles. The van der Waals surface area contributed by atoms with Gasteiger partial charge in [-0.3, -0.25) is 4.57 Å². The molecule has 11 rings (SSSR count). The van der Waals surface area contributed by atoms with Crippen LogP contribution in [0.4, 0.5) is 0 Å². The molecular formula is C49H32N4. The van der Waals surface area contributed by atoms with Crippen LogP contribution in [-0.2, 0) is 0 Å². The fourth-order valence-corrected chi connectivity index (χ4v) is 8.38. The van der Waals surface area contributed by atoms with E-state index < -0.39 is 0 Å². The molecule has 248 valence electrons. The first-order valence-electron chi connectivity index (χ1n) is 18.1. The Labute approximate surface area is 306 Å². The first-order chi connectivity index (χ1) is 26.3. The Hall–Kier alpha value is -7.17. The van der Waals surface area contributed by atoms with Gasteiger partial charge in [0.25, 0.3) is 0 Å². The maximum atomic E-state index is 5.43. The summed E-state index contributed by atoms with van der Waals surface area (Å²) in [5.41, 5.74) is 13.3. The maximum Gasteiger partial charge on any atom is 0.145 e. The second-order valence-electron chi connectivity index (χ2n) is 13.6. The smallest absolute Gasteiger partial charge is 0.145 e. The zero-order chi connectivity index (χ0) is 34.9. The highest BCUT2D eigenvalue weighted by Gasteiger charge is 2.21. The van der Waals surface area contributed by atoms with Crippen LogP contribution in [0.15, 0.2) is 194 Å². The monoisotopic (exact) mass is 676 g/mol. The van der Waals surface area contributed by atoms with Crippen LogP contribution in [0, 0.1) is 0 Å². The van der Waals surface area contributed by atoms with Gasteiger partial charge in [0.2, 0.25) is 0 Å². The molecule has 11 aromatic rings. The molecule has 0 radical (unpaired) electrons. The van der Waals surface area contributed by atoms with Gasteiger partial charge >= 0.3 is 0 Å². The molecule has 3 heterocycles. The number of rotatable bonds is 5. The van der Waals surface area contributed by atoms with Gasteiger partial charge in [0.15, 0.2) is 0 Å². The van der Waals surface area contributed by atoms with Crippen molar-refractivity contribution in [1.29, 1.82) is 0 Å². The van der Waals surface area contributed by atoms with E-state index in [0.717, 1.165) is 50.6 Å². The molecule has 4 heteroatoms. The Morgan fingerprint density at radius 1 is 0.321 bits per heavy atom. The van der Waals surface area contributed by atoms with Crippen molar-refractivity contribution in [1.82, 2.24) is 18.7 Å². The molecular weight excluding hydrogens is 645 g/mol. The van der Waals surface area contributed by atoms with E-state index in [0.29, 0.717) is 0 Å². The first kappa shape index (κ1) is 29.5. The van der Waals surface area contributed by atoms with Crippen LogP contribution in [0.25, 0.3) is 94.2 Å². The number of nitrogens with zero attached hydrogens (tertiary/aromatic N) is 4. The Morgan fingerprint density at radius 3 is 1.30 bits per heavy atom. The number of fused-ring (bicyclic) bond motifs is 7. The van der Waals surface area contributed by atoms with Crippen LogP contribution >= 0.6 is 0 Å². The summed E-state index contributed by atoms with van der Waals surface area (Å²) in [5, 5.41) is 4.93. The lowest BCUT2D eigenvalue weighted by Crippen LogP contribution is -2.03. The maximum absolute atomic E-state index is 5.43. The standard InChI is InChI=1S/C49H32N4/c1-2-16-33(17-3-1)37-18-4-10-24-43(37)53-48-29-15-9-23-42(48)50-49(53)34-30-35(51-44-25-11-5-19-38(44)39-20-6-12-26-45(39)51)32-36(31-34)52-46-27-13-7-21-40(46)41-22-8-14-28-47(41)52/h1-32H. The van der Waals surface area contributed by atoms with Crippen LogP contribution in [0.1, 0.15) is 0 Å². The number of para-hydroxylation sites is 7. The molecule has 0 spiro atoms. The molecule has 8 aromatic carbocycles. The van der Waals surface area contributed by atoms with Crippen molar-refractivity contribution in [2.24, 2.45) is 0 Å². The lowest BCUT2D eigenvalue weighted by Gasteiger charge is -2.18. The van der Waals surface area contributed by atoms with Gasteiger partial charge in [0, 0.05) is 44.0 Å². The van der Waals surface area contributed by atoms with E-state index in [2.05, 4.69) is 208 Å². The van der Waals surface area contributed by atoms with E-state index >= 15 is 0 Å². The highest BCUT2D eigenvalue weighted by atomic mass is 15.1. The summed E-state index contributed by atoms with van der Waals surface area (Å²) in [6, 6.07) is 69.6. The molecule has 0 aliphatic carbocycles. The van der Waals surface area contributed by atoms with Crippen LogP contribution in [0.5, 0.6) is 0 Å². The number of aromatic nitrogens is 4. The van der Waals surface area contributed by atoms with Crippen molar-refractivity contribution in [2.45, 2.75) is 0 Å². The zero-order valence-electron chi connectivity index (χ0n) is 28.8. The van der Waals surface area contributed by atoms with E-state index in [9.17, 15) is 0 Å². The van der Waals surface area contributed by atoms with Gasteiger partial charge < -0.3 is 9.13 Å². The average molecular weight is 677 g/mol. The highest BCUT2D eigenvalue weighted by Crippen LogP contribution is 2.40. The molecule has 3 aromatic heterocycles. The van der Waals surface area contributed by atoms with Crippen LogP contribution < -0.4 is 0 Å². The normalized spacial score (nSPS) is 11.8. The topological polar surface area (TPSA) is 27.7 Å². The first-order valence-corrected chi connectivity index (χ1v) is 18.1. The third-order valence-electron chi connectivity index (χ3n) is 10.6. The Bertz CT molecular complexity index is 2940. The summed E-state index contributed by atoms with van der Waals surface area (Å²) in [6.07, 6.45) is 0. The highest BCUT2D eigenvalue weighted by molar-refractivity contribution is 6.10. The molecule has 0 bridgehead atoms. The Kier molecular flexibility index (Phi) is 6.52. The van der Waals surface area contributed by atoms with Crippen molar-refractivity contribution in [3.8, 4) is 39.6 Å². The summed E-state index contributed by atoms with van der Waals surface area (Å²) in [4.78, 5) is 5.43. The fraction of sp³-hybridized carbons (Fsp3) is 0. The van der Waals surface area contributed by atoms with E-state index in [-0.39, 0.29) is 0 Å². The molecule has 53 heavy (non-hydrogen) atoms. The molecule has 0 N–H and O–H groups in total. The van der Waals surface area contributed by atoms with Gasteiger partial charge in [-0.25, -0.2) is 4.98 Å². The molecule has 0 atom stereocenters. The summed E-state index contributed by atoms with van der Waals surface area (Å²) >= 11 is 0. The van der Waals surface area contributed by atoms with Crippen LogP contribution in [0.3, 0.4) is 0 Å². The largest absolute Gasteiger partial charge is 0.309 e. The Morgan fingerprint density at radius 2 is 0.755 bits per heavy atom. The van der Waals surface area contributed by atoms with E-state index in [1.807, 2.05) is 0 Å². The second-order valence-corrected chi connectivity index (χ2v) is 13.6.